The number of carbonyl (C=O) groups excluding carboxylic acids is 1. The van der Waals surface area contributed by atoms with Gasteiger partial charge in [0.15, 0.2) is 0 Å². The zero-order valence-corrected chi connectivity index (χ0v) is 11.3. The number of carbonyl (C=O) groups is 1. The van der Waals surface area contributed by atoms with Gasteiger partial charge in [0.1, 0.15) is 5.75 Å². The van der Waals surface area contributed by atoms with Crippen molar-refractivity contribution in [1.82, 2.24) is 0 Å². The van der Waals surface area contributed by atoms with Crippen molar-refractivity contribution in [3.63, 3.8) is 0 Å². The van der Waals surface area contributed by atoms with Gasteiger partial charge in [-0.25, -0.2) is 0 Å². The molecule has 0 saturated heterocycles. The van der Waals surface area contributed by atoms with Gasteiger partial charge >= 0.3 is 12.1 Å². The zero-order chi connectivity index (χ0) is 15.5. The first-order valence-electron chi connectivity index (χ1n) is 6.29. The van der Waals surface area contributed by atoms with E-state index in [1.807, 2.05) is 0 Å². The van der Waals surface area contributed by atoms with Gasteiger partial charge in [-0.2, -0.15) is 13.2 Å². The Labute approximate surface area is 120 Å². The predicted octanol–water partition coefficient (Wildman–Crippen LogP) is 4.16. The fraction of sp³-hybridized carbons (Fsp3) is 0.188. The van der Waals surface area contributed by atoms with E-state index < -0.39 is 17.7 Å². The van der Waals surface area contributed by atoms with Crippen LogP contribution in [0.25, 0.3) is 0 Å². The van der Waals surface area contributed by atoms with Gasteiger partial charge in [-0.15, -0.1) is 0 Å². The lowest BCUT2D eigenvalue weighted by molar-refractivity contribution is -0.138. The minimum Gasteiger partial charge on any atom is -0.426 e. The third-order valence-corrected chi connectivity index (χ3v) is 2.93. The van der Waals surface area contributed by atoms with E-state index in [1.165, 1.54) is 19.1 Å². The molecule has 0 spiro atoms. The maximum atomic E-state index is 12.8. The van der Waals surface area contributed by atoms with Crippen LogP contribution in [0.15, 0.2) is 48.5 Å². The van der Waals surface area contributed by atoms with E-state index in [2.05, 4.69) is 0 Å². The molecule has 0 amide bonds. The third kappa shape index (κ3) is 4.08. The average Bonchev–Trinajstić information content (AvgIpc) is 2.41. The molecule has 2 rings (SSSR count). The third-order valence-electron chi connectivity index (χ3n) is 2.93. The lowest BCUT2D eigenvalue weighted by atomic mass is 10.0. The Bertz CT molecular complexity index is 634. The van der Waals surface area contributed by atoms with Crippen LogP contribution in [0.1, 0.15) is 16.7 Å². The molecule has 2 nitrogen and oxygen atoms in total. The van der Waals surface area contributed by atoms with Crippen molar-refractivity contribution >= 4 is 5.97 Å². The molecular formula is C16H13F3O2. The molecule has 0 bridgehead atoms. The van der Waals surface area contributed by atoms with E-state index in [0.717, 1.165) is 6.07 Å². The second-order valence-electron chi connectivity index (χ2n) is 4.61. The summed E-state index contributed by atoms with van der Waals surface area (Å²) in [7, 11) is 0. The summed E-state index contributed by atoms with van der Waals surface area (Å²) in [5, 5.41) is 0. The Morgan fingerprint density at radius 2 is 1.76 bits per heavy atom. The Hall–Kier alpha value is -2.30. The molecule has 2 aromatic carbocycles. The Kier molecular flexibility index (Phi) is 4.31. The zero-order valence-electron chi connectivity index (χ0n) is 11.3. The molecule has 2 aromatic rings. The van der Waals surface area contributed by atoms with Gasteiger partial charge in [-0.3, -0.25) is 4.79 Å². The van der Waals surface area contributed by atoms with Gasteiger partial charge in [0, 0.05) is 0 Å². The first-order chi connectivity index (χ1) is 9.86. The summed E-state index contributed by atoms with van der Waals surface area (Å²) in [6, 6.07) is 12.2. The van der Waals surface area contributed by atoms with Crippen LogP contribution in [0.5, 0.6) is 5.75 Å². The molecule has 0 aliphatic heterocycles. The molecule has 0 fully saturated rings. The topological polar surface area (TPSA) is 26.3 Å². The number of hydrogen-bond donors (Lipinski definition) is 0. The normalized spacial score (nSPS) is 11.2. The molecular weight excluding hydrogens is 281 g/mol. The largest absolute Gasteiger partial charge is 0.426 e. The highest BCUT2D eigenvalue weighted by Gasteiger charge is 2.32. The standard InChI is InChI=1S/C16H13F3O2/c1-11-7-8-12(9-14(11)16(17,18)19)10-15(20)21-13-5-3-2-4-6-13/h2-9H,10H2,1H3. The van der Waals surface area contributed by atoms with E-state index in [-0.39, 0.29) is 17.5 Å². The van der Waals surface area contributed by atoms with Crippen molar-refractivity contribution in [2.45, 2.75) is 19.5 Å². The van der Waals surface area contributed by atoms with E-state index in [1.54, 1.807) is 30.3 Å². The monoisotopic (exact) mass is 294 g/mol. The van der Waals surface area contributed by atoms with Gasteiger partial charge < -0.3 is 4.74 Å². The van der Waals surface area contributed by atoms with E-state index in [4.69, 9.17) is 4.74 Å². The highest BCUT2D eigenvalue weighted by Crippen LogP contribution is 2.32. The number of alkyl halides is 3. The summed E-state index contributed by atoms with van der Waals surface area (Å²) < 4.78 is 43.4. The van der Waals surface area contributed by atoms with E-state index in [9.17, 15) is 18.0 Å². The summed E-state index contributed by atoms with van der Waals surface area (Å²) in [5.74, 6) is -0.233. The van der Waals surface area contributed by atoms with Crippen molar-refractivity contribution in [2.24, 2.45) is 0 Å². The molecule has 0 aliphatic carbocycles. The summed E-state index contributed by atoms with van der Waals surface area (Å²) >= 11 is 0. The van der Waals surface area contributed by atoms with Gasteiger partial charge in [0.2, 0.25) is 0 Å². The van der Waals surface area contributed by atoms with Gasteiger partial charge in [-0.1, -0.05) is 30.3 Å². The predicted molar refractivity (Wildman–Crippen MR) is 72.0 cm³/mol. The molecule has 0 aliphatic rings. The van der Waals surface area contributed by atoms with Crippen molar-refractivity contribution in [3.8, 4) is 5.75 Å². The second-order valence-corrected chi connectivity index (χ2v) is 4.61. The van der Waals surface area contributed by atoms with Crippen molar-refractivity contribution in [2.75, 3.05) is 0 Å². The molecule has 0 radical (unpaired) electrons. The molecule has 0 saturated carbocycles. The van der Waals surface area contributed by atoms with Crippen molar-refractivity contribution in [3.05, 3.63) is 65.2 Å². The summed E-state index contributed by atoms with van der Waals surface area (Å²) in [6.45, 7) is 1.38. The summed E-state index contributed by atoms with van der Waals surface area (Å²) in [4.78, 5) is 11.7. The SMILES string of the molecule is Cc1ccc(CC(=O)Oc2ccccc2)cc1C(F)(F)F. The molecule has 0 unspecified atom stereocenters. The second kappa shape index (κ2) is 5.99. The van der Waals surface area contributed by atoms with Crippen LogP contribution < -0.4 is 4.74 Å². The molecule has 0 N–H and O–H groups in total. The number of ether oxygens (including phenoxy) is 1. The molecule has 110 valence electrons. The fourth-order valence-corrected chi connectivity index (χ4v) is 1.91. The quantitative estimate of drug-likeness (QED) is 0.627. The number of esters is 1. The average molecular weight is 294 g/mol. The Balaban J connectivity index is 2.11. The lowest BCUT2D eigenvalue weighted by Crippen LogP contribution is -2.13. The minimum atomic E-state index is -4.43. The highest BCUT2D eigenvalue weighted by molar-refractivity contribution is 5.75. The number of aryl methyl sites for hydroxylation is 1. The van der Waals surface area contributed by atoms with Crippen LogP contribution in [0.4, 0.5) is 13.2 Å². The molecule has 0 atom stereocenters. The first-order valence-corrected chi connectivity index (χ1v) is 6.29. The van der Waals surface area contributed by atoms with Crippen LogP contribution in [-0.2, 0) is 17.4 Å². The number of hydrogen-bond acceptors (Lipinski definition) is 2. The maximum Gasteiger partial charge on any atom is 0.416 e. The van der Waals surface area contributed by atoms with Gasteiger partial charge in [0.05, 0.1) is 12.0 Å². The summed E-state index contributed by atoms with van der Waals surface area (Å²) in [6.07, 6.45) is -4.64. The number of benzene rings is 2. The fourth-order valence-electron chi connectivity index (χ4n) is 1.91. The van der Waals surface area contributed by atoms with Crippen LogP contribution in [0.2, 0.25) is 0 Å². The van der Waals surface area contributed by atoms with Crippen molar-refractivity contribution in [1.29, 1.82) is 0 Å². The van der Waals surface area contributed by atoms with Gasteiger partial charge in [-0.05, 0) is 36.2 Å². The number of rotatable bonds is 3. The summed E-state index contributed by atoms with van der Waals surface area (Å²) in [5.41, 5.74) is -0.330. The Morgan fingerprint density at radius 1 is 1.10 bits per heavy atom. The van der Waals surface area contributed by atoms with Crippen LogP contribution in [0, 0.1) is 6.92 Å². The van der Waals surface area contributed by atoms with Crippen LogP contribution >= 0.6 is 0 Å². The maximum absolute atomic E-state index is 12.8. The highest BCUT2D eigenvalue weighted by atomic mass is 19.4. The smallest absolute Gasteiger partial charge is 0.416 e. The Morgan fingerprint density at radius 3 is 2.38 bits per heavy atom. The number of halogens is 3. The number of para-hydroxylation sites is 1. The molecule has 21 heavy (non-hydrogen) atoms. The first kappa shape index (κ1) is 15.1. The van der Waals surface area contributed by atoms with Crippen LogP contribution in [0.3, 0.4) is 0 Å². The minimum absolute atomic E-state index is 0.127. The van der Waals surface area contributed by atoms with Gasteiger partial charge in [0.25, 0.3) is 0 Å². The van der Waals surface area contributed by atoms with E-state index >= 15 is 0 Å². The van der Waals surface area contributed by atoms with E-state index in [0.29, 0.717) is 5.75 Å². The molecule has 5 heteroatoms. The molecule has 0 heterocycles. The van der Waals surface area contributed by atoms with Crippen molar-refractivity contribution < 1.29 is 22.7 Å². The molecule has 0 aromatic heterocycles. The lowest BCUT2D eigenvalue weighted by Gasteiger charge is -2.12. The van der Waals surface area contributed by atoms with Crippen LogP contribution in [-0.4, -0.2) is 5.97 Å².